The number of nitrogens with one attached hydrogen (secondary N) is 1. The number of sulfone groups is 1. The van der Waals surface area contributed by atoms with E-state index in [1.54, 1.807) is 0 Å². The van der Waals surface area contributed by atoms with Crippen LogP contribution in [0.25, 0.3) is 0 Å². The lowest BCUT2D eigenvalue weighted by Crippen LogP contribution is -2.29. The number of amides is 1. The summed E-state index contributed by atoms with van der Waals surface area (Å²) in [6.07, 6.45) is 2.87. The van der Waals surface area contributed by atoms with Crippen LogP contribution < -0.4 is 10.1 Å². The van der Waals surface area contributed by atoms with E-state index in [1.165, 1.54) is 25.3 Å². The summed E-state index contributed by atoms with van der Waals surface area (Å²) in [4.78, 5) is 23.2. The maximum atomic E-state index is 12.2. The van der Waals surface area contributed by atoms with Crippen LogP contribution >= 0.6 is 0 Å². The van der Waals surface area contributed by atoms with E-state index in [1.807, 2.05) is 0 Å². The normalized spacial score (nSPS) is 15.3. The van der Waals surface area contributed by atoms with Crippen molar-refractivity contribution in [2.45, 2.75) is 30.9 Å². The number of benzene rings is 1. The molecular formula is C15H19NO6S. The van der Waals surface area contributed by atoms with Crippen LogP contribution in [-0.4, -0.2) is 43.5 Å². The van der Waals surface area contributed by atoms with Gasteiger partial charge in [0.1, 0.15) is 11.5 Å². The van der Waals surface area contributed by atoms with E-state index in [2.05, 4.69) is 5.32 Å². The van der Waals surface area contributed by atoms with E-state index < -0.39 is 32.7 Å². The third kappa shape index (κ3) is 4.22. The quantitative estimate of drug-likeness (QED) is 0.815. The Kier molecular flexibility index (Phi) is 5.25. The van der Waals surface area contributed by atoms with Crippen LogP contribution in [0.15, 0.2) is 18.2 Å². The highest BCUT2D eigenvalue weighted by atomic mass is 32.2. The topological polar surface area (TPSA) is 110 Å². The van der Waals surface area contributed by atoms with E-state index in [-0.39, 0.29) is 11.3 Å². The molecule has 0 saturated heterocycles. The van der Waals surface area contributed by atoms with Gasteiger partial charge >= 0.3 is 5.97 Å². The van der Waals surface area contributed by atoms with E-state index in [4.69, 9.17) is 4.74 Å². The van der Waals surface area contributed by atoms with Gasteiger partial charge < -0.3 is 15.2 Å². The Labute approximate surface area is 134 Å². The van der Waals surface area contributed by atoms with Crippen molar-refractivity contribution in [3.05, 3.63) is 23.8 Å². The first-order chi connectivity index (χ1) is 10.8. The number of carbonyl (C=O) groups is 2. The summed E-state index contributed by atoms with van der Waals surface area (Å²) >= 11 is 0. The number of carboxylic acids is 1. The number of carbonyl (C=O) groups excluding carboxylic acids is 1. The monoisotopic (exact) mass is 341 g/mol. The Hall–Kier alpha value is -2.09. The maximum Gasteiger partial charge on any atom is 0.337 e. The summed E-state index contributed by atoms with van der Waals surface area (Å²) in [5.74, 6) is -2.27. The van der Waals surface area contributed by atoms with Crippen LogP contribution in [0, 0.1) is 0 Å². The Balaban J connectivity index is 2.12. The van der Waals surface area contributed by atoms with Crippen molar-refractivity contribution in [2.75, 3.05) is 18.2 Å². The summed E-state index contributed by atoms with van der Waals surface area (Å²) < 4.78 is 29.3. The van der Waals surface area contributed by atoms with Gasteiger partial charge in [0.05, 0.1) is 23.6 Å². The second kappa shape index (κ2) is 6.99. The van der Waals surface area contributed by atoms with Gasteiger partial charge in [0.15, 0.2) is 9.84 Å². The van der Waals surface area contributed by atoms with Crippen LogP contribution in [0.4, 0.5) is 5.69 Å². The zero-order valence-electron chi connectivity index (χ0n) is 12.7. The minimum Gasteiger partial charge on any atom is -0.497 e. The molecule has 7 nitrogen and oxygen atoms in total. The average Bonchev–Trinajstić information content (AvgIpc) is 3.01. The van der Waals surface area contributed by atoms with Crippen molar-refractivity contribution in [3.63, 3.8) is 0 Å². The summed E-state index contributed by atoms with van der Waals surface area (Å²) in [7, 11) is -2.11. The number of hydrogen-bond acceptors (Lipinski definition) is 5. The molecule has 1 amide bonds. The smallest absolute Gasteiger partial charge is 0.337 e. The third-order valence-electron chi connectivity index (χ3n) is 3.87. The fourth-order valence-electron chi connectivity index (χ4n) is 2.67. The molecule has 0 bridgehead atoms. The Bertz CT molecular complexity index is 707. The van der Waals surface area contributed by atoms with E-state index >= 15 is 0 Å². The van der Waals surface area contributed by atoms with Crippen LogP contribution in [0.1, 0.15) is 36.0 Å². The molecule has 2 rings (SSSR count). The molecule has 126 valence electrons. The second-order valence-electron chi connectivity index (χ2n) is 5.48. The third-order valence-corrected chi connectivity index (χ3v) is 6.03. The van der Waals surface area contributed by atoms with Crippen molar-refractivity contribution in [2.24, 2.45) is 0 Å². The van der Waals surface area contributed by atoms with Crippen LogP contribution in [0.5, 0.6) is 5.75 Å². The van der Waals surface area contributed by atoms with Crippen molar-refractivity contribution in [1.82, 2.24) is 0 Å². The number of aromatic carboxylic acids is 1. The number of rotatable bonds is 6. The first-order valence-corrected chi connectivity index (χ1v) is 8.98. The van der Waals surface area contributed by atoms with Gasteiger partial charge in [-0.1, -0.05) is 12.8 Å². The SMILES string of the molecule is COc1ccc(NC(=O)CS(=O)(=O)C2CCCC2)c(C(=O)O)c1. The molecule has 8 heteroatoms. The molecule has 0 unspecified atom stereocenters. The number of hydrogen-bond donors (Lipinski definition) is 2. The van der Waals surface area contributed by atoms with Gasteiger partial charge in [-0.2, -0.15) is 0 Å². The molecule has 1 aromatic rings. The molecule has 1 saturated carbocycles. The minimum absolute atomic E-state index is 0.0462. The van der Waals surface area contributed by atoms with Gasteiger partial charge in [-0.3, -0.25) is 4.79 Å². The van der Waals surface area contributed by atoms with Gasteiger partial charge in [-0.15, -0.1) is 0 Å². The van der Waals surface area contributed by atoms with Crippen molar-refractivity contribution in [3.8, 4) is 5.75 Å². The van der Waals surface area contributed by atoms with Gasteiger partial charge in [0, 0.05) is 0 Å². The second-order valence-corrected chi connectivity index (χ2v) is 7.76. The fourth-order valence-corrected chi connectivity index (χ4v) is 4.40. The largest absolute Gasteiger partial charge is 0.497 e. The maximum absolute atomic E-state index is 12.2. The molecule has 1 aliphatic carbocycles. The summed E-state index contributed by atoms with van der Waals surface area (Å²) in [6.45, 7) is 0. The Morgan fingerprint density at radius 3 is 2.52 bits per heavy atom. The van der Waals surface area contributed by atoms with Gasteiger partial charge in [-0.25, -0.2) is 13.2 Å². The standard InChI is InChI=1S/C15H19NO6S/c1-22-10-6-7-13(12(8-10)15(18)19)16-14(17)9-23(20,21)11-4-2-3-5-11/h6-8,11H,2-5,9H2,1H3,(H,16,17)(H,18,19). The number of methoxy groups -OCH3 is 1. The first kappa shape index (κ1) is 17.3. The predicted octanol–water partition coefficient (Wildman–Crippen LogP) is 1.69. The molecule has 1 aliphatic rings. The lowest BCUT2D eigenvalue weighted by molar-refractivity contribution is -0.113. The zero-order chi connectivity index (χ0) is 17.0. The minimum atomic E-state index is -3.51. The van der Waals surface area contributed by atoms with Crippen molar-refractivity contribution < 1.29 is 27.9 Å². The Morgan fingerprint density at radius 1 is 1.30 bits per heavy atom. The molecule has 0 heterocycles. The number of carboxylic acid groups (broad SMARTS) is 1. The van der Waals surface area contributed by atoms with Crippen LogP contribution in [-0.2, 0) is 14.6 Å². The first-order valence-electron chi connectivity index (χ1n) is 7.26. The van der Waals surface area contributed by atoms with Gasteiger partial charge in [-0.05, 0) is 31.0 Å². The number of anilines is 1. The highest BCUT2D eigenvalue weighted by Gasteiger charge is 2.30. The summed E-state index contributed by atoms with van der Waals surface area (Å²) in [5.41, 5.74) is -0.110. The van der Waals surface area contributed by atoms with Crippen molar-refractivity contribution >= 4 is 27.4 Å². The zero-order valence-corrected chi connectivity index (χ0v) is 13.6. The molecule has 1 aromatic carbocycles. The molecule has 0 radical (unpaired) electrons. The molecular weight excluding hydrogens is 322 g/mol. The highest BCUT2D eigenvalue weighted by molar-refractivity contribution is 7.92. The summed E-state index contributed by atoms with van der Waals surface area (Å²) in [6, 6.07) is 4.14. The van der Waals surface area contributed by atoms with Gasteiger partial charge in [0.2, 0.25) is 5.91 Å². The van der Waals surface area contributed by atoms with Crippen molar-refractivity contribution in [1.29, 1.82) is 0 Å². The molecule has 0 aromatic heterocycles. The van der Waals surface area contributed by atoms with Crippen LogP contribution in [0.2, 0.25) is 0 Å². The molecule has 1 fully saturated rings. The lowest BCUT2D eigenvalue weighted by atomic mass is 10.1. The summed E-state index contributed by atoms with van der Waals surface area (Å²) in [5, 5.41) is 11.1. The molecule has 0 spiro atoms. The van der Waals surface area contributed by atoms with Crippen LogP contribution in [0.3, 0.4) is 0 Å². The lowest BCUT2D eigenvalue weighted by Gasteiger charge is -2.13. The highest BCUT2D eigenvalue weighted by Crippen LogP contribution is 2.26. The fraction of sp³-hybridized carbons (Fsp3) is 0.467. The molecule has 23 heavy (non-hydrogen) atoms. The van der Waals surface area contributed by atoms with E-state index in [0.29, 0.717) is 18.6 Å². The number of ether oxygens (including phenoxy) is 1. The Morgan fingerprint density at radius 2 is 1.96 bits per heavy atom. The average molecular weight is 341 g/mol. The predicted molar refractivity (Wildman–Crippen MR) is 84.6 cm³/mol. The van der Waals surface area contributed by atoms with E-state index in [0.717, 1.165) is 12.8 Å². The molecule has 0 aliphatic heterocycles. The van der Waals surface area contributed by atoms with E-state index in [9.17, 15) is 23.1 Å². The molecule has 0 atom stereocenters. The molecule has 2 N–H and O–H groups in total. The van der Waals surface area contributed by atoms with Gasteiger partial charge in [0.25, 0.3) is 0 Å².